The summed E-state index contributed by atoms with van der Waals surface area (Å²) >= 11 is 1.41. The Morgan fingerprint density at radius 2 is 1.75 bits per heavy atom. The predicted molar refractivity (Wildman–Crippen MR) is 128 cm³/mol. The maximum Gasteiger partial charge on any atom is 0.230 e. The lowest BCUT2D eigenvalue weighted by Gasteiger charge is -2.13. The van der Waals surface area contributed by atoms with Crippen LogP contribution in [0.1, 0.15) is 47.8 Å². The quantitative estimate of drug-likeness (QED) is 0.454. The van der Waals surface area contributed by atoms with Crippen molar-refractivity contribution in [2.24, 2.45) is 0 Å². The first-order chi connectivity index (χ1) is 15.1. The fourth-order valence-electron chi connectivity index (χ4n) is 3.09. The number of amides is 1. The number of ketones is 1. The molecular formula is C23H30N2O5S2. The topological polar surface area (TPSA) is 102 Å². The average Bonchev–Trinajstić information content (AvgIpc) is 2.71. The lowest BCUT2D eigenvalue weighted by molar-refractivity contribution is -0.118. The smallest absolute Gasteiger partial charge is 0.230 e. The van der Waals surface area contributed by atoms with Gasteiger partial charge in [0.2, 0.25) is 15.9 Å². The van der Waals surface area contributed by atoms with E-state index in [0.717, 1.165) is 11.1 Å². The number of carbonyl (C=O) groups excluding carboxylic acids is 2. The van der Waals surface area contributed by atoms with E-state index < -0.39 is 10.0 Å². The SMILES string of the molecule is COc1ccc(C(C)=O)cc1CSCC(=O)NCc1ccccc1CS(=O)(=O)NC(C)C. The van der Waals surface area contributed by atoms with E-state index in [9.17, 15) is 18.0 Å². The van der Waals surface area contributed by atoms with Gasteiger partial charge in [0.15, 0.2) is 5.78 Å². The minimum absolute atomic E-state index is 0.0269. The monoisotopic (exact) mass is 478 g/mol. The molecule has 1 amide bonds. The molecule has 0 bridgehead atoms. The summed E-state index contributed by atoms with van der Waals surface area (Å²) in [4.78, 5) is 23.9. The maximum atomic E-state index is 12.3. The van der Waals surface area contributed by atoms with Gasteiger partial charge in [0, 0.05) is 29.5 Å². The molecule has 0 aliphatic carbocycles. The molecule has 0 atom stereocenters. The Morgan fingerprint density at radius 3 is 2.38 bits per heavy atom. The molecule has 0 unspecified atom stereocenters. The molecule has 2 aromatic rings. The number of nitrogens with one attached hydrogen (secondary N) is 2. The molecule has 0 spiro atoms. The number of methoxy groups -OCH3 is 1. The van der Waals surface area contributed by atoms with Crippen molar-refractivity contribution in [3.8, 4) is 5.75 Å². The summed E-state index contributed by atoms with van der Waals surface area (Å²) in [5.74, 6) is 1.10. The number of rotatable bonds is 12. The van der Waals surface area contributed by atoms with Crippen LogP contribution in [0.5, 0.6) is 5.75 Å². The van der Waals surface area contributed by atoms with Crippen LogP contribution in [0.2, 0.25) is 0 Å². The number of benzene rings is 2. The average molecular weight is 479 g/mol. The number of hydrogen-bond donors (Lipinski definition) is 2. The van der Waals surface area contributed by atoms with Crippen LogP contribution in [0.15, 0.2) is 42.5 Å². The normalized spacial score (nSPS) is 11.4. The summed E-state index contributed by atoms with van der Waals surface area (Å²) in [6.45, 7) is 5.30. The third kappa shape index (κ3) is 8.29. The molecule has 174 valence electrons. The van der Waals surface area contributed by atoms with Crippen LogP contribution in [0.3, 0.4) is 0 Å². The molecule has 0 aliphatic heterocycles. The van der Waals surface area contributed by atoms with Crippen molar-refractivity contribution >= 4 is 33.5 Å². The Labute approximate surface area is 194 Å². The van der Waals surface area contributed by atoms with Crippen molar-refractivity contribution in [3.05, 3.63) is 64.7 Å². The van der Waals surface area contributed by atoms with Gasteiger partial charge in [0.05, 0.1) is 18.6 Å². The Balaban J connectivity index is 1.92. The first kappa shape index (κ1) is 25.9. The van der Waals surface area contributed by atoms with E-state index in [0.29, 0.717) is 22.6 Å². The van der Waals surface area contributed by atoms with Crippen LogP contribution in [0, 0.1) is 0 Å². The molecule has 0 heterocycles. The minimum Gasteiger partial charge on any atom is -0.496 e. The molecule has 2 aromatic carbocycles. The molecule has 2 rings (SSSR count). The van der Waals surface area contributed by atoms with Crippen molar-refractivity contribution in [2.45, 2.75) is 44.9 Å². The van der Waals surface area contributed by atoms with Crippen LogP contribution in [-0.2, 0) is 32.9 Å². The summed E-state index contributed by atoms with van der Waals surface area (Å²) < 4.78 is 32.4. The number of Topliss-reactive ketones (excluding diaryl/α,β-unsaturated/α-hetero) is 1. The molecule has 9 heteroatoms. The second kappa shape index (κ2) is 12.0. The van der Waals surface area contributed by atoms with Gasteiger partial charge in [-0.2, -0.15) is 0 Å². The molecule has 0 fully saturated rings. The van der Waals surface area contributed by atoms with Gasteiger partial charge in [-0.05, 0) is 50.1 Å². The van der Waals surface area contributed by atoms with E-state index in [2.05, 4.69) is 10.0 Å². The first-order valence-electron chi connectivity index (χ1n) is 10.2. The van der Waals surface area contributed by atoms with Gasteiger partial charge in [-0.15, -0.1) is 11.8 Å². The third-order valence-electron chi connectivity index (χ3n) is 4.53. The first-order valence-corrected chi connectivity index (χ1v) is 13.0. The lowest BCUT2D eigenvalue weighted by atomic mass is 10.1. The molecule has 0 aliphatic rings. The van der Waals surface area contributed by atoms with E-state index in [1.165, 1.54) is 18.7 Å². The molecule has 2 N–H and O–H groups in total. The van der Waals surface area contributed by atoms with E-state index >= 15 is 0 Å². The molecule has 7 nitrogen and oxygen atoms in total. The summed E-state index contributed by atoms with van der Waals surface area (Å²) in [7, 11) is -1.89. The van der Waals surface area contributed by atoms with Gasteiger partial charge in [-0.3, -0.25) is 9.59 Å². The van der Waals surface area contributed by atoms with Crippen LogP contribution in [-0.4, -0.2) is 39.0 Å². The molecule has 0 radical (unpaired) electrons. The van der Waals surface area contributed by atoms with Crippen molar-refractivity contribution in [3.63, 3.8) is 0 Å². The number of ether oxygens (including phenoxy) is 1. The van der Waals surface area contributed by atoms with Gasteiger partial charge in [-0.25, -0.2) is 13.1 Å². The molecule has 0 aromatic heterocycles. The maximum absolute atomic E-state index is 12.3. The Morgan fingerprint density at radius 1 is 1.06 bits per heavy atom. The van der Waals surface area contributed by atoms with Gasteiger partial charge >= 0.3 is 0 Å². The number of hydrogen-bond acceptors (Lipinski definition) is 6. The molecule has 0 saturated carbocycles. The Kier molecular flexibility index (Phi) is 9.74. The third-order valence-corrected chi connectivity index (χ3v) is 7.04. The van der Waals surface area contributed by atoms with Gasteiger partial charge in [0.1, 0.15) is 5.75 Å². The fourth-order valence-corrected chi connectivity index (χ4v) is 5.41. The summed E-state index contributed by atoms with van der Waals surface area (Å²) in [5.41, 5.74) is 2.87. The highest BCUT2D eigenvalue weighted by atomic mass is 32.2. The second-order valence-electron chi connectivity index (χ2n) is 7.65. The highest BCUT2D eigenvalue weighted by Gasteiger charge is 2.16. The highest BCUT2D eigenvalue weighted by Crippen LogP contribution is 2.25. The number of thioether (sulfide) groups is 1. The summed E-state index contributed by atoms with van der Waals surface area (Å²) in [5, 5.41) is 2.85. The summed E-state index contributed by atoms with van der Waals surface area (Å²) in [6.07, 6.45) is 0. The van der Waals surface area contributed by atoms with Gasteiger partial charge < -0.3 is 10.1 Å². The van der Waals surface area contributed by atoms with Crippen LogP contribution >= 0.6 is 11.8 Å². The highest BCUT2D eigenvalue weighted by molar-refractivity contribution is 7.99. The van der Waals surface area contributed by atoms with Crippen molar-refractivity contribution in [2.75, 3.05) is 12.9 Å². The minimum atomic E-state index is -3.46. The molecular weight excluding hydrogens is 448 g/mol. The zero-order chi connectivity index (χ0) is 23.7. The largest absolute Gasteiger partial charge is 0.496 e. The van der Waals surface area contributed by atoms with Crippen molar-refractivity contribution < 1.29 is 22.7 Å². The zero-order valence-corrected chi connectivity index (χ0v) is 20.4. The number of sulfonamides is 1. The van der Waals surface area contributed by atoms with E-state index in [1.807, 2.05) is 12.1 Å². The van der Waals surface area contributed by atoms with Crippen molar-refractivity contribution in [1.29, 1.82) is 0 Å². The molecule has 32 heavy (non-hydrogen) atoms. The molecule has 0 saturated heterocycles. The van der Waals surface area contributed by atoms with E-state index in [-0.39, 0.29) is 35.8 Å². The van der Waals surface area contributed by atoms with Crippen molar-refractivity contribution in [1.82, 2.24) is 10.0 Å². The van der Waals surface area contributed by atoms with E-state index in [1.54, 1.807) is 51.3 Å². The Bertz CT molecular complexity index is 1050. The standard InChI is InChI=1S/C23H30N2O5S2/c1-16(2)25-32(28,29)15-20-8-6-5-7-19(20)12-24-23(27)14-31-13-21-11-18(17(3)26)9-10-22(21)30-4/h5-11,16,25H,12-15H2,1-4H3,(H,24,27). The zero-order valence-electron chi connectivity index (χ0n) is 18.8. The number of carbonyl (C=O) groups is 2. The lowest BCUT2D eigenvalue weighted by Crippen LogP contribution is -2.32. The van der Waals surface area contributed by atoms with Gasteiger partial charge in [-0.1, -0.05) is 24.3 Å². The second-order valence-corrected chi connectivity index (χ2v) is 10.4. The Hall–Kier alpha value is -2.36. The van der Waals surface area contributed by atoms with Crippen LogP contribution < -0.4 is 14.8 Å². The van der Waals surface area contributed by atoms with Crippen LogP contribution in [0.4, 0.5) is 0 Å². The predicted octanol–water partition coefficient (Wildman–Crippen LogP) is 3.28. The fraction of sp³-hybridized carbons (Fsp3) is 0.391. The summed E-state index contributed by atoms with van der Waals surface area (Å²) in [6, 6.07) is 12.2. The van der Waals surface area contributed by atoms with Gasteiger partial charge in [0.25, 0.3) is 0 Å². The van der Waals surface area contributed by atoms with E-state index in [4.69, 9.17) is 4.74 Å². The van der Waals surface area contributed by atoms with Crippen LogP contribution in [0.25, 0.3) is 0 Å².